The summed E-state index contributed by atoms with van der Waals surface area (Å²) in [5, 5.41) is 6.44. The van der Waals surface area contributed by atoms with Gasteiger partial charge in [0, 0.05) is 42.6 Å². The lowest BCUT2D eigenvalue weighted by Crippen LogP contribution is -2.36. The number of carbonyl (C=O) groups is 3. The van der Waals surface area contributed by atoms with Crippen LogP contribution in [0.5, 0.6) is 0 Å². The maximum atomic E-state index is 12.6. The fourth-order valence-electron chi connectivity index (χ4n) is 3.46. The van der Waals surface area contributed by atoms with Crippen molar-refractivity contribution in [2.45, 2.75) is 25.4 Å². The van der Waals surface area contributed by atoms with Crippen molar-refractivity contribution in [1.29, 1.82) is 0 Å². The van der Waals surface area contributed by atoms with E-state index in [1.165, 1.54) is 4.90 Å². The average molecular weight is 391 g/mol. The van der Waals surface area contributed by atoms with E-state index in [0.29, 0.717) is 13.0 Å². The second-order valence-corrected chi connectivity index (χ2v) is 6.94. The number of pyridine rings is 1. The number of H-pyrrole nitrogens is 1. The molecular weight excluding hydrogens is 370 g/mol. The molecule has 1 atom stereocenters. The maximum Gasteiger partial charge on any atom is 0.324 e. The highest BCUT2D eigenvalue weighted by Gasteiger charge is 2.38. The molecule has 148 valence electrons. The molecule has 1 unspecified atom stereocenters. The zero-order valence-corrected chi connectivity index (χ0v) is 15.7. The number of aromatic amines is 1. The summed E-state index contributed by atoms with van der Waals surface area (Å²) >= 11 is 0. The molecule has 0 aliphatic carbocycles. The molecule has 4 amide bonds. The van der Waals surface area contributed by atoms with Crippen molar-refractivity contribution < 1.29 is 14.4 Å². The fourth-order valence-corrected chi connectivity index (χ4v) is 3.46. The Labute approximate surface area is 167 Å². The highest BCUT2D eigenvalue weighted by molar-refractivity contribution is 6.05. The molecule has 3 aromatic rings. The summed E-state index contributed by atoms with van der Waals surface area (Å²) in [5.74, 6) is -0.659. The molecule has 1 fully saturated rings. The smallest absolute Gasteiger partial charge is 0.324 e. The number of fused-ring (bicyclic) bond motifs is 1. The van der Waals surface area contributed by atoms with Crippen LogP contribution in [0, 0.1) is 0 Å². The van der Waals surface area contributed by atoms with Crippen LogP contribution < -0.4 is 10.6 Å². The van der Waals surface area contributed by atoms with Crippen molar-refractivity contribution in [3.63, 3.8) is 0 Å². The number of aromatic nitrogens is 2. The predicted octanol–water partition coefficient (Wildman–Crippen LogP) is 1.73. The number of carbonyl (C=O) groups excluding carboxylic acids is 3. The quantitative estimate of drug-likeness (QED) is 0.533. The molecule has 0 bridgehead atoms. The number of urea groups is 1. The summed E-state index contributed by atoms with van der Waals surface area (Å²) in [7, 11) is 0. The molecule has 1 aromatic carbocycles. The zero-order valence-electron chi connectivity index (χ0n) is 15.7. The number of para-hydroxylation sites is 1. The lowest BCUT2D eigenvalue weighted by Gasteiger charge is -2.13. The van der Waals surface area contributed by atoms with E-state index < -0.39 is 12.1 Å². The van der Waals surface area contributed by atoms with E-state index in [9.17, 15) is 14.4 Å². The Balaban J connectivity index is 1.31. The Bertz CT molecular complexity index is 1050. The molecule has 0 radical (unpaired) electrons. The number of hydrogen-bond acceptors (Lipinski definition) is 4. The lowest BCUT2D eigenvalue weighted by molar-refractivity contribution is -0.130. The summed E-state index contributed by atoms with van der Waals surface area (Å²) in [4.78, 5) is 45.3. The van der Waals surface area contributed by atoms with Crippen LogP contribution in [0.25, 0.3) is 10.9 Å². The fraction of sp³-hybridized carbons (Fsp3) is 0.238. The van der Waals surface area contributed by atoms with E-state index in [2.05, 4.69) is 20.6 Å². The number of benzene rings is 1. The highest BCUT2D eigenvalue weighted by atomic mass is 16.2. The topological polar surface area (TPSA) is 107 Å². The third-order valence-corrected chi connectivity index (χ3v) is 5.02. The lowest BCUT2D eigenvalue weighted by atomic mass is 10.1. The van der Waals surface area contributed by atoms with Crippen molar-refractivity contribution >= 4 is 28.7 Å². The van der Waals surface area contributed by atoms with E-state index in [0.717, 1.165) is 22.0 Å². The second kappa shape index (κ2) is 8.14. The highest BCUT2D eigenvalue weighted by Crippen LogP contribution is 2.19. The van der Waals surface area contributed by atoms with Crippen molar-refractivity contribution in [3.8, 4) is 0 Å². The summed E-state index contributed by atoms with van der Waals surface area (Å²) in [6.45, 7) is 0.613. The van der Waals surface area contributed by atoms with Crippen LogP contribution >= 0.6 is 0 Å². The van der Waals surface area contributed by atoms with Crippen LogP contribution in [0.4, 0.5) is 4.79 Å². The molecule has 8 nitrogen and oxygen atoms in total. The molecular formula is C21H21N5O3. The Hall–Kier alpha value is -3.68. The number of hydrogen-bond donors (Lipinski definition) is 3. The van der Waals surface area contributed by atoms with Gasteiger partial charge in [-0.15, -0.1) is 0 Å². The average Bonchev–Trinajstić information content (AvgIpc) is 3.26. The first-order valence-electron chi connectivity index (χ1n) is 9.44. The van der Waals surface area contributed by atoms with Gasteiger partial charge in [0.1, 0.15) is 6.04 Å². The number of nitrogens with one attached hydrogen (secondary N) is 3. The maximum absolute atomic E-state index is 12.6. The third kappa shape index (κ3) is 4.11. The summed E-state index contributed by atoms with van der Waals surface area (Å²) in [5.41, 5.74) is 2.97. The van der Waals surface area contributed by atoms with E-state index in [1.54, 1.807) is 24.5 Å². The minimum absolute atomic E-state index is 0.0841. The largest absolute Gasteiger partial charge is 0.361 e. The molecule has 1 saturated heterocycles. The van der Waals surface area contributed by atoms with Gasteiger partial charge in [-0.2, -0.15) is 0 Å². The molecule has 8 heteroatoms. The molecule has 3 heterocycles. The first-order valence-corrected chi connectivity index (χ1v) is 9.44. The van der Waals surface area contributed by atoms with Gasteiger partial charge in [0.2, 0.25) is 5.91 Å². The number of amides is 4. The van der Waals surface area contributed by atoms with Crippen molar-refractivity contribution in [1.82, 2.24) is 25.5 Å². The van der Waals surface area contributed by atoms with Gasteiger partial charge in [-0.1, -0.05) is 18.2 Å². The molecule has 1 aliphatic rings. The van der Waals surface area contributed by atoms with Gasteiger partial charge in [-0.3, -0.25) is 19.5 Å². The van der Waals surface area contributed by atoms with Crippen LogP contribution in [0.2, 0.25) is 0 Å². The molecule has 0 spiro atoms. The molecule has 29 heavy (non-hydrogen) atoms. The van der Waals surface area contributed by atoms with E-state index in [1.807, 2.05) is 30.5 Å². The first kappa shape index (κ1) is 18.7. The number of nitrogens with zero attached hydrogens (tertiary/aromatic N) is 2. The Morgan fingerprint density at radius 3 is 2.76 bits per heavy atom. The molecule has 2 aromatic heterocycles. The first-order chi connectivity index (χ1) is 14.1. The van der Waals surface area contributed by atoms with Crippen molar-refractivity contribution in [2.75, 3.05) is 6.54 Å². The van der Waals surface area contributed by atoms with Gasteiger partial charge in [-0.05, 0) is 35.7 Å². The van der Waals surface area contributed by atoms with Crippen LogP contribution in [0.15, 0.2) is 55.0 Å². The monoisotopic (exact) mass is 391 g/mol. The van der Waals surface area contributed by atoms with Crippen molar-refractivity contribution in [2.24, 2.45) is 0 Å². The third-order valence-electron chi connectivity index (χ3n) is 5.02. The van der Waals surface area contributed by atoms with E-state index >= 15 is 0 Å². The Kier molecular flexibility index (Phi) is 5.24. The summed E-state index contributed by atoms with van der Waals surface area (Å²) in [6.07, 6.45) is 5.65. The minimum atomic E-state index is -0.831. The normalized spacial score (nSPS) is 16.3. The van der Waals surface area contributed by atoms with E-state index in [-0.39, 0.29) is 24.8 Å². The molecule has 4 rings (SSSR count). The standard InChI is InChI=1S/C21H21N5O3/c27-19(24-12-14-5-8-22-9-6-14)11-18-20(28)26(21(29)25-18)10-7-15-13-23-17-4-2-1-3-16(15)17/h1-6,8-9,13,18,23H,7,10-12H2,(H,24,27)(H,25,29). The van der Waals surface area contributed by atoms with Crippen LogP contribution in [0.3, 0.4) is 0 Å². The Morgan fingerprint density at radius 2 is 1.93 bits per heavy atom. The second-order valence-electron chi connectivity index (χ2n) is 6.94. The SMILES string of the molecule is O=C(CC1NC(=O)N(CCc2c[nH]c3ccccc23)C1=O)NCc1ccncc1. The molecule has 3 N–H and O–H groups in total. The number of rotatable bonds is 7. The van der Waals surface area contributed by atoms with Gasteiger partial charge < -0.3 is 15.6 Å². The van der Waals surface area contributed by atoms with Crippen LogP contribution in [0.1, 0.15) is 17.5 Å². The molecule has 1 aliphatic heterocycles. The van der Waals surface area contributed by atoms with Crippen LogP contribution in [-0.2, 0) is 22.6 Å². The minimum Gasteiger partial charge on any atom is -0.361 e. The zero-order chi connectivity index (χ0) is 20.2. The van der Waals surface area contributed by atoms with E-state index in [4.69, 9.17) is 0 Å². The number of imide groups is 1. The van der Waals surface area contributed by atoms with Crippen molar-refractivity contribution in [3.05, 3.63) is 66.1 Å². The molecule has 0 saturated carbocycles. The summed E-state index contributed by atoms with van der Waals surface area (Å²) < 4.78 is 0. The van der Waals surface area contributed by atoms with Gasteiger partial charge in [0.05, 0.1) is 6.42 Å². The summed E-state index contributed by atoms with van der Waals surface area (Å²) in [6, 6.07) is 10.2. The predicted molar refractivity (Wildman–Crippen MR) is 107 cm³/mol. The van der Waals surface area contributed by atoms with Gasteiger partial charge >= 0.3 is 6.03 Å². The Morgan fingerprint density at radius 1 is 1.14 bits per heavy atom. The van der Waals surface area contributed by atoms with Gasteiger partial charge in [-0.25, -0.2) is 4.79 Å². The van der Waals surface area contributed by atoms with Gasteiger partial charge in [0.15, 0.2) is 0 Å². The van der Waals surface area contributed by atoms with Gasteiger partial charge in [0.25, 0.3) is 5.91 Å². The van der Waals surface area contributed by atoms with Crippen LogP contribution in [-0.4, -0.2) is 45.3 Å².